The van der Waals surface area contributed by atoms with Gasteiger partial charge < -0.3 is 10.1 Å². The van der Waals surface area contributed by atoms with Crippen LogP contribution in [0.4, 0.5) is 0 Å². The molecule has 5 heteroatoms. The van der Waals surface area contributed by atoms with Gasteiger partial charge in [0.15, 0.2) is 0 Å². The standard InChI is InChI=1S/C14H16N4O/c15-12-13-2-4-14(5-3-13)19-11-8-16-7-10-18-9-1-6-17-18/h1-6,9,16H,7-8,10-11H2. The minimum atomic E-state index is 0.602. The van der Waals surface area contributed by atoms with E-state index in [0.29, 0.717) is 12.2 Å². The van der Waals surface area contributed by atoms with Crippen LogP contribution in [0.3, 0.4) is 0 Å². The fourth-order valence-corrected chi connectivity index (χ4v) is 1.62. The zero-order valence-electron chi connectivity index (χ0n) is 10.6. The molecule has 2 rings (SSSR count). The number of rotatable bonds is 7. The van der Waals surface area contributed by atoms with Gasteiger partial charge in [0.05, 0.1) is 18.2 Å². The Morgan fingerprint density at radius 2 is 2.11 bits per heavy atom. The van der Waals surface area contributed by atoms with E-state index in [1.165, 1.54) is 0 Å². The van der Waals surface area contributed by atoms with Crippen LogP contribution in [0.1, 0.15) is 5.56 Å². The SMILES string of the molecule is N#Cc1ccc(OCCNCCn2cccn2)cc1. The first-order chi connectivity index (χ1) is 9.38. The Labute approximate surface area is 112 Å². The van der Waals surface area contributed by atoms with Crippen molar-refractivity contribution in [2.45, 2.75) is 6.54 Å². The van der Waals surface area contributed by atoms with Crippen LogP contribution in [0.2, 0.25) is 0 Å². The lowest BCUT2D eigenvalue weighted by molar-refractivity contribution is 0.312. The summed E-state index contributed by atoms with van der Waals surface area (Å²) in [6.45, 7) is 3.09. The summed E-state index contributed by atoms with van der Waals surface area (Å²) in [7, 11) is 0. The van der Waals surface area contributed by atoms with E-state index in [9.17, 15) is 0 Å². The number of nitrogens with zero attached hydrogens (tertiary/aromatic N) is 3. The molecule has 0 atom stereocenters. The van der Waals surface area contributed by atoms with Gasteiger partial charge in [-0.3, -0.25) is 4.68 Å². The predicted octanol–water partition coefficient (Wildman–Crippen LogP) is 1.42. The van der Waals surface area contributed by atoms with Gasteiger partial charge in [0.25, 0.3) is 0 Å². The zero-order chi connectivity index (χ0) is 13.3. The third kappa shape index (κ3) is 4.45. The molecule has 0 fully saturated rings. The summed E-state index contributed by atoms with van der Waals surface area (Å²) >= 11 is 0. The molecule has 1 heterocycles. The van der Waals surface area contributed by atoms with Crippen molar-refractivity contribution in [2.24, 2.45) is 0 Å². The average Bonchev–Trinajstić information content (AvgIpc) is 2.96. The maximum absolute atomic E-state index is 8.67. The second kappa shape index (κ2) is 7.19. The van der Waals surface area contributed by atoms with Crippen molar-refractivity contribution >= 4 is 0 Å². The lowest BCUT2D eigenvalue weighted by Crippen LogP contribution is -2.25. The highest BCUT2D eigenvalue weighted by molar-refractivity contribution is 5.34. The van der Waals surface area contributed by atoms with Gasteiger partial charge >= 0.3 is 0 Å². The van der Waals surface area contributed by atoms with Gasteiger partial charge in [-0.1, -0.05) is 0 Å². The molecule has 0 spiro atoms. The first kappa shape index (κ1) is 13.1. The van der Waals surface area contributed by atoms with Gasteiger partial charge in [-0.05, 0) is 30.3 Å². The van der Waals surface area contributed by atoms with Crippen LogP contribution in [-0.2, 0) is 6.54 Å². The van der Waals surface area contributed by atoms with Gasteiger partial charge in [0.1, 0.15) is 12.4 Å². The summed E-state index contributed by atoms with van der Waals surface area (Å²) in [6, 6.07) is 11.1. The Balaban J connectivity index is 1.57. The first-order valence-corrected chi connectivity index (χ1v) is 6.19. The van der Waals surface area contributed by atoms with E-state index >= 15 is 0 Å². The van der Waals surface area contributed by atoms with E-state index in [-0.39, 0.29) is 0 Å². The topological polar surface area (TPSA) is 62.9 Å². The molecular weight excluding hydrogens is 240 g/mol. The molecule has 0 aliphatic heterocycles. The molecule has 0 aliphatic rings. The van der Waals surface area contributed by atoms with Gasteiger partial charge in [-0.25, -0.2) is 0 Å². The zero-order valence-corrected chi connectivity index (χ0v) is 10.6. The second-order valence-corrected chi connectivity index (χ2v) is 4.00. The third-order valence-electron chi connectivity index (χ3n) is 2.61. The Morgan fingerprint density at radius 1 is 1.26 bits per heavy atom. The molecule has 2 aromatic rings. The normalized spacial score (nSPS) is 10.1. The second-order valence-electron chi connectivity index (χ2n) is 4.00. The van der Waals surface area contributed by atoms with E-state index in [0.717, 1.165) is 25.4 Å². The fraction of sp³-hybridized carbons (Fsp3) is 0.286. The lowest BCUT2D eigenvalue weighted by atomic mass is 10.2. The van der Waals surface area contributed by atoms with Crippen molar-refractivity contribution in [3.63, 3.8) is 0 Å². The number of ether oxygens (including phenoxy) is 1. The van der Waals surface area contributed by atoms with E-state index in [1.54, 1.807) is 18.3 Å². The molecule has 0 amide bonds. The maximum Gasteiger partial charge on any atom is 0.119 e. The smallest absolute Gasteiger partial charge is 0.119 e. The molecule has 0 radical (unpaired) electrons. The van der Waals surface area contributed by atoms with Gasteiger partial charge in [-0.2, -0.15) is 10.4 Å². The molecule has 1 aromatic carbocycles. The summed E-state index contributed by atoms with van der Waals surface area (Å²) in [5.74, 6) is 0.785. The lowest BCUT2D eigenvalue weighted by Gasteiger charge is -2.07. The Hall–Kier alpha value is -2.32. The van der Waals surface area contributed by atoms with Crippen LogP contribution in [0.25, 0.3) is 0 Å². The summed E-state index contributed by atoms with van der Waals surface area (Å²) in [4.78, 5) is 0. The van der Waals surface area contributed by atoms with E-state index in [1.807, 2.05) is 29.1 Å². The molecule has 1 aromatic heterocycles. The van der Waals surface area contributed by atoms with Gasteiger partial charge in [0, 0.05) is 25.5 Å². The highest BCUT2D eigenvalue weighted by atomic mass is 16.5. The largest absolute Gasteiger partial charge is 0.492 e. The van der Waals surface area contributed by atoms with Crippen molar-refractivity contribution in [2.75, 3.05) is 19.7 Å². The number of nitriles is 1. The monoisotopic (exact) mass is 256 g/mol. The quantitative estimate of drug-likeness (QED) is 0.761. The summed E-state index contributed by atoms with van der Waals surface area (Å²) < 4.78 is 7.43. The average molecular weight is 256 g/mol. The van der Waals surface area contributed by atoms with Crippen molar-refractivity contribution in [3.05, 3.63) is 48.3 Å². The van der Waals surface area contributed by atoms with Crippen molar-refractivity contribution < 1.29 is 4.74 Å². The van der Waals surface area contributed by atoms with Crippen molar-refractivity contribution in [3.8, 4) is 11.8 Å². The minimum Gasteiger partial charge on any atom is -0.492 e. The summed E-state index contributed by atoms with van der Waals surface area (Å²) in [6.07, 6.45) is 3.71. The van der Waals surface area contributed by atoms with Crippen LogP contribution in [0.15, 0.2) is 42.7 Å². The molecule has 5 nitrogen and oxygen atoms in total. The van der Waals surface area contributed by atoms with Crippen molar-refractivity contribution in [1.82, 2.24) is 15.1 Å². The number of hydrogen-bond donors (Lipinski definition) is 1. The first-order valence-electron chi connectivity index (χ1n) is 6.19. The van der Waals surface area contributed by atoms with Crippen LogP contribution in [0, 0.1) is 11.3 Å². The number of aromatic nitrogens is 2. The van der Waals surface area contributed by atoms with Gasteiger partial charge in [-0.15, -0.1) is 0 Å². The Morgan fingerprint density at radius 3 is 2.79 bits per heavy atom. The van der Waals surface area contributed by atoms with Crippen LogP contribution >= 0.6 is 0 Å². The number of benzene rings is 1. The molecule has 19 heavy (non-hydrogen) atoms. The van der Waals surface area contributed by atoms with E-state index in [2.05, 4.69) is 16.5 Å². The minimum absolute atomic E-state index is 0.602. The fourth-order valence-electron chi connectivity index (χ4n) is 1.62. The molecule has 1 N–H and O–H groups in total. The number of nitrogens with one attached hydrogen (secondary N) is 1. The van der Waals surface area contributed by atoms with Crippen LogP contribution in [-0.4, -0.2) is 29.5 Å². The highest BCUT2D eigenvalue weighted by Crippen LogP contribution is 2.10. The molecule has 0 unspecified atom stereocenters. The van der Waals surface area contributed by atoms with Crippen molar-refractivity contribution in [1.29, 1.82) is 5.26 Å². The summed E-state index contributed by atoms with van der Waals surface area (Å²) in [5.41, 5.74) is 0.643. The molecule has 0 saturated carbocycles. The molecule has 0 saturated heterocycles. The van der Waals surface area contributed by atoms with Crippen LogP contribution in [0.5, 0.6) is 5.75 Å². The maximum atomic E-state index is 8.67. The Kier molecular flexibility index (Phi) is 4.96. The highest BCUT2D eigenvalue weighted by Gasteiger charge is 1.95. The molecular formula is C14H16N4O. The summed E-state index contributed by atoms with van der Waals surface area (Å²) in [5, 5.41) is 16.1. The van der Waals surface area contributed by atoms with Crippen LogP contribution < -0.4 is 10.1 Å². The predicted molar refractivity (Wildman–Crippen MR) is 71.7 cm³/mol. The number of hydrogen-bond acceptors (Lipinski definition) is 4. The van der Waals surface area contributed by atoms with E-state index in [4.69, 9.17) is 10.00 Å². The molecule has 98 valence electrons. The van der Waals surface area contributed by atoms with Gasteiger partial charge in [0.2, 0.25) is 0 Å². The third-order valence-corrected chi connectivity index (χ3v) is 2.61. The van der Waals surface area contributed by atoms with E-state index < -0.39 is 0 Å². The molecule has 0 bridgehead atoms. The Bertz CT molecular complexity index is 513. The molecule has 0 aliphatic carbocycles.